The average Bonchev–Trinajstić information content (AvgIpc) is 2.91. The van der Waals surface area contributed by atoms with Crippen LogP contribution in [0, 0.1) is 0 Å². The van der Waals surface area contributed by atoms with Crippen LogP contribution < -0.4 is 4.74 Å². The number of thioether (sulfide) groups is 1. The van der Waals surface area contributed by atoms with Gasteiger partial charge in [0.05, 0.1) is 25.5 Å². The van der Waals surface area contributed by atoms with Crippen LogP contribution >= 0.6 is 11.8 Å². The number of carbonyl (C=O) groups excluding carboxylic acids is 1. The second-order valence-corrected chi connectivity index (χ2v) is 6.49. The fourth-order valence-electron chi connectivity index (χ4n) is 2.54. The maximum absolute atomic E-state index is 11.9. The van der Waals surface area contributed by atoms with Gasteiger partial charge in [-0.1, -0.05) is 19.1 Å². The Bertz CT molecular complexity index is 690. The molecule has 0 saturated carbocycles. The third kappa shape index (κ3) is 2.68. The summed E-state index contributed by atoms with van der Waals surface area (Å²) in [5.74, 6) is 1.34. The van der Waals surface area contributed by atoms with Gasteiger partial charge in [-0.05, 0) is 23.8 Å². The first kappa shape index (κ1) is 14.9. The summed E-state index contributed by atoms with van der Waals surface area (Å²) in [7, 11) is 1.41. The highest BCUT2D eigenvalue weighted by molar-refractivity contribution is 7.99. The van der Waals surface area contributed by atoms with Crippen LogP contribution in [0.4, 0.5) is 0 Å². The molecule has 22 heavy (non-hydrogen) atoms. The lowest BCUT2D eigenvalue weighted by Gasteiger charge is -2.24. The van der Waals surface area contributed by atoms with Crippen molar-refractivity contribution in [2.45, 2.75) is 17.2 Å². The number of carbonyl (C=O) groups is 1. The minimum atomic E-state index is -0.290. The third-order valence-electron chi connectivity index (χ3n) is 3.80. The Morgan fingerprint density at radius 3 is 2.95 bits per heavy atom. The molecular weight excluding hydrogens is 298 g/mol. The van der Waals surface area contributed by atoms with E-state index in [2.05, 4.69) is 18.0 Å². The van der Waals surface area contributed by atoms with Crippen LogP contribution in [-0.2, 0) is 10.2 Å². The van der Waals surface area contributed by atoms with Gasteiger partial charge in [0, 0.05) is 22.3 Å². The van der Waals surface area contributed by atoms with Gasteiger partial charge in [-0.3, -0.25) is 4.98 Å². The summed E-state index contributed by atoms with van der Waals surface area (Å²) in [6.07, 6.45) is 3.43. The molecule has 1 atom stereocenters. The van der Waals surface area contributed by atoms with E-state index in [0.29, 0.717) is 12.2 Å². The van der Waals surface area contributed by atoms with Crippen LogP contribution in [0.2, 0.25) is 0 Å². The number of hydrogen-bond acceptors (Lipinski definition) is 5. The molecule has 0 amide bonds. The van der Waals surface area contributed by atoms with Crippen molar-refractivity contribution in [3.63, 3.8) is 0 Å². The topological polar surface area (TPSA) is 48.4 Å². The fourth-order valence-corrected chi connectivity index (χ4v) is 4.02. The molecule has 1 aliphatic heterocycles. The fraction of sp³-hybridized carbons (Fsp3) is 0.294. The molecule has 0 saturated heterocycles. The predicted molar refractivity (Wildman–Crippen MR) is 85.6 cm³/mol. The predicted octanol–water partition coefficient (Wildman–Crippen LogP) is 3.31. The quantitative estimate of drug-likeness (QED) is 0.810. The summed E-state index contributed by atoms with van der Waals surface area (Å²) in [5, 5.41) is 0. The van der Waals surface area contributed by atoms with Gasteiger partial charge in [-0.25, -0.2) is 4.79 Å². The highest BCUT2D eigenvalue weighted by Gasteiger charge is 2.38. The van der Waals surface area contributed by atoms with Crippen LogP contribution in [0.5, 0.6) is 5.75 Å². The molecule has 1 aromatic heterocycles. The second-order valence-electron chi connectivity index (χ2n) is 5.50. The SMILES string of the molecule is COC(=O)c1cccc2c1SCC2(C)COc1cccnc1. The first-order valence-electron chi connectivity index (χ1n) is 7.01. The van der Waals surface area contributed by atoms with Crippen molar-refractivity contribution in [1.29, 1.82) is 0 Å². The first-order valence-corrected chi connectivity index (χ1v) is 8.00. The van der Waals surface area contributed by atoms with Gasteiger partial charge in [0.15, 0.2) is 0 Å². The lowest BCUT2D eigenvalue weighted by Crippen LogP contribution is -2.30. The van der Waals surface area contributed by atoms with Crippen molar-refractivity contribution in [3.8, 4) is 5.75 Å². The number of aromatic nitrogens is 1. The number of pyridine rings is 1. The largest absolute Gasteiger partial charge is 0.491 e. The van der Waals surface area contributed by atoms with Crippen molar-refractivity contribution >= 4 is 17.7 Å². The Labute approximate surface area is 133 Å². The van der Waals surface area contributed by atoms with Gasteiger partial charge in [0.25, 0.3) is 0 Å². The molecule has 1 unspecified atom stereocenters. The molecule has 0 N–H and O–H groups in total. The molecule has 0 radical (unpaired) electrons. The number of ether oxygens (including phenoxy) is 2. The smallest absolute Gasteiger partial charge is 0.339 e. The lowest BCUT2D eigenvalue weighted by atomic mass is 9.85. The zero-order chi connectivity index (χ0) is 15.6. The summed E-state index contributed by atoms with van der Waals surface area (Å²) in [5.41, 5.74) is 1.64. The Morgan fingerprint density at radius 2 is 2.23 bits per heavy atom. The monoisotopic (exact) mass is 315 g/mol. The molecule has 0 fully saturated rings. The molecule has 2 aromatic rings. The number of fused-ring (bicyclic) bond motifs is 1. The van der Waals surface area contributed by atoms with Crippen molar-refractivity contribution in [2.24, 2.45) is 0 Å². The molecule has 0 aliphatic carbocycles. The molecule has 4 nitrogen and oxygen atoms in total. The van der Waals surface area contributed by atoms with Crippen LogP contribution in [0.25, 0.3) is 0 Å². The second kappa shape index (κ2) is 6.01. The molecular formula is C17H17NO3S. The molecule has 3 rings (SSSR count). The summed E-state index contributed by atoms with van der Waals surface area (Å²) in [4.78, 5) is 16.9. The van der Waals surface area contributed by atoms with E-state index in [-0.39, 0.29) is 11.4 Å². The van der Waals surface area contributed by atoms with Crippen LogP contribution in [0.15, 0.2) is 47.6 Å². The van der Waals surface area contributed by atoms with E-state index >= 15 is 0 Å². The standard InChI is InChI=1S/C17H17NO3S/c1-17(10-21-12-5-4-8-18-9-12)11-22-15-13(16(19)20-2)6-3-7-14(15)17/h3-9H,10-11H2,1-2H3. The number of methoxy groups -OCH3 is 1. The van der Waals surface area contributed by atoms with Gasteiger partial charge in [-0.15, -0.1) is 11.8 Å². The van der Waals surface area contributed by atoms with Crippen LogP contribution in [-0.4, -0.2) is 30.4 Å². The van der Waals surface area contributed by atoms with Gasteiger partial charge >= 0.3 is 5.97 Å². The highest BCUT2D eigenvalue weighted by Crippen LogP contribution is 2.45. The van der Waals surface area contributed by atoms with Gasteiger partial charge < -0.3 is 9.47 Å². The molecule has 1 aromatic carbocycles. The number of hydrogen-bond donors (Lipinski definition) is 0. The highest BCUT2D eigenvalue weighted by atomic mass is 32.2. The average molecular weight is 315 g/mol. The van der Waals surface area contributed by atoms with E-state index in [4.69, 9.17) is 9.47 Å². The van der Waals surface area contributed by atoms with E-state index in [1.807, 2.05) is 24.3 Å². The van der Waals surface area contributed by atoms with Crippen molar-refractivity contribution in [3.05, 3.63) is 53.9 Å². The Balaban J connectivity index is 1.85. The summed E-state index contributed by atoms with van der Waals surface area (Å²) in [6.45, 7) is 2.70. The van der Waals surface area contributed by atoms with Crippen molar-refractivity contribution in [2.75, 3.05) is 19.5 Å². The number of benzene rings is 1. The molecule has 5 heteroatoms. The lowest BCUT2D eigenvalue weighted by molar-refractivity contribution is 0.0596. The van der Waals surface area contributed by atoms with Gasteiger partial charge in [0.2, 0.25) is 0 Å². The minimum Gasteiger partial charge on any atom is -0.491 e. The molecule has 0 spiro atoms. The Hall–Kier alpha value is -2.01. The third-order valence-corrected chi connectivity index (χ3v) is 5.31. The minimum absolute atomic E-state index is 0.139. The Kier molecular flexibility index (Phi) is 4.07. The first-order chi connectivity index (χ1) is 10.6. The molecule has 1 aliphatic rings. The zero-order valence-corrected chi connectivity index (χ0v) is 13.4. The maximum atomic E-state index is 11.9. The molecule has 2 heterocycles. The van der Waals surface area contributed by atoms with E-state index in [1.165, 1.54) is 7.11 Å². The van der Waals surface area contributed by atoms with E-state index in [0.717, 1.165) is 22.0 Å². The van der Waals surface area contributed by atoms with Gasteiger partial charge in [0.1, 0.15) is 5.75 Å². The van der Waals surface area contributed by atoms with Crippen molar-refractivity contribution in [1.82, 2.24) is 4.98 Å². The summed E-state index contributed by atoms with van der Waals surface area (Å²) in [6, 6.07) is 9.52. The van der Waals surface area contributed by atoms with Crippen LogP contribution in [0.1, 0.15) is 22.8 Å². The summed E-state index contributed by atoms with van der Waals surface area (Å²) >= 11 is 1.68. The van der Waals surface area contributed by atoms with Gasteiger partial charge in [-0.2, -0.15) is 0 Å². The number of nitrogens with zero attached hydrogens (tertiary/aromatic N) is 1. The van der Waals surface area contributed by atoms with E-state index in [9.17, 15) is 4.79 Å². The van der Waals surface area contributed by atoms with E-state index < -0.39 is 0 Å². The van der Waals surface area contributed by atoms with E-state index in [1.54, 1.807) is 24.2 Å². The molecule has 114 valence electrons. The summed E-state index contributed by atoms with van der Waals surface area (Å²) < 4.78 is 10.8. The number of rotatable bonds is 4. The normalized spacial score (nSPS) is 19.5. The van der Waals surface area contributed by atoms with Crippen LogP contribution in [0.3, 0.4) is 0 Å². The maximum Gasteiger partial charge on any atom is 0.339 e. The van der Waals surface area contributed by atoms with Crippen molar-refractivity contribution < 1.29 is 14.3 Å². The Morgan fingerprint density at radius 1 is 1.36 bits per heavy atom. The zero-order valence-electron chi connectivity index (χ0n) is 12.5. The number of esters is 1. The molecule has 0 bridgehead atoms.